The van der Waals surface area contributed by atoms with Gasteiger partial charge in [-0.3, -0.25) is 0 Å². The van der Waals surface area contributed by atoms with Crippen molar-refractivity contribution >= 4 is 0 Å². The lowest BCUT2D eigenvalue weighted by Crippen LogP contribution is -2.32. The van der Waals surface area contributed by atoms with Crippen LogP contribution in [-0.2, 0) is 0 Å². The van der Waals surface area contributed by atoms with Crippen molar-refractivity contribution < 1.29 is 0 Å². The van der Waals surface area contributed by atoms with Crippen molar-refractivity contribution in [1.82, 2.24) is 5.32 Å². The first-order valence-corrected chi connectivity index (χ1v) is 6.43. The Morgan fingerprint density at radius 3 is 2.29 bits per heavy atom. The van der Waals surface area contributed by atoms with Gasteiger partial charge in [-0.15, -0.1) is 0 Å². The molecule has 0 spiro atoms. The maximum absolute atomic E-state index is 3.63. The molecule has 0 aromatic carbocycles. The van der Waals surface area contributed by atoms with Gasteiger partial charge in [0.25, 0.3) is 0 Å². The molecule has 0 heterocycles. The molecule has 0 saturated heterocycles. The predicted octanol–water partition coefficient (Wildman–Crippen LogP) is 3.59. The molecule has 1 unspecified atom stereocenters. The third-order valence-electron chi connectivity index (χ3n) is 3.74. The first kappa shape index (κ1) is 12.0. The first-order valence-electron chi connectivity index (χ1n) is 6.43. The van der Waals surface area contributed by atoms with Crippen molar-refractivity contribution in [3.63, 3.8) is 0 Å². The highest BCUT2D eigenvalue weighted by Gasteiger charge is 2.13. The first-order chi connectivity index (χ1) is 6.70. The molecule has 0 aliphatic heterocycles. The Balaban J connectivity index is 2.02. The minimum absolute atomic E-state index is 0.679. The van der Waals surface area contributed by atoms with E-state index in [-0.39, 0.29) is 0 Å². The quantitative estimate of drug-likeness (QED) is 0.710. The highest BCUT2D eigenvalue weighted by atomic mass is 14.9. The highest BCUT2D eigenvalue weighted by molar-refractivity contribution is 4.69. The summed E-state index contributed by atoms with van der Waals surface area (Å²) < 4.78 is 0. The van der Waals surface area contributed by atoms with E-state index in [1.54, 1.807) is 0 Å². The fourth-order valence-corrected chi connectivity index (χ4v) is 2.23. The summed E-state index contributed by atoms with van der Waals surface area (Å²) in [6.45, 7) is 8.10. The average molecular weight is 197 g/mol. The summed E-state index contributed by atoms with van der Waals surface area (Å²) in [6.07, 6.45) is 8.80. The maximum atomic E-state index is 3.63. The van der Waals surface area contributed by atoms with Crippen LogP contribution in [0.3, 0.4) is 0 Å². The lowest BCUT2D eigenvalue weighted by Gasteiger charge is -2.23. The maximum Gasteiger partial charge on any atom is 0.00617 e. The van der Waals surface area contributed by atoms with Gasteiger partial charge < -0.3 is 5.32 Å². The molecule has 1 rings (SSSR count). The van der Waals surface area contributed by atoms with Crippen LogP contribution >= 0.6 is 0 Å². The SMILES string of the molecule is CC(C)C(C)NCCC1CCCCC1. The van der Waals surface area contributed by atoms with E-state index in [1.165, 1.54) is 45.1 Å². The minimum Gasteiger partial charge on any atom is -0.314 e. The molecule has 1 aliphatic carbocycles. The van der Waals surface area contributed by atoms with Crippen LogP contribution in [-0.4, -0.2) is 12.6 Å². The fourth-order valence-electron chi connectivity index (χ4n) is 2.23. The van der Waals surface area contributed by atoms with Crippen molar-refractivity contribution in [3.05, 3.63) is 0 Å². The second-order valence-corrected chi connectivity index (χ2v) is 5.28. The van der Waals surface area contributed by atoms with Crippen LogP contribution in [0.2, 0.25) is 0 Å². The molecular formula is C13H27N. The molecule has 0 bridgehead atoms. The molecule has 0 amide bonds. The molecule has 1 nitrogen and oxygen atoms in total. The number of nitrogens with one attached hydrogen (secondary N) is 1. The second-order valence-electron chi connectivity index (χ2n) is 5.28. The van der Waals surface area contributed by atoms with Crippen molar-refractivity contribution in [2.24, 2.45) is 11.8 Å². The molecule has 14 heavy (non-hydrogen) atoms. The molecule has 1 atom stereocenters. The van der Waals surface area contributed by atoms with E-state index in [0.29, 0.717) is 6.04 Å². The molecular weight excluding hydrogens is 170 g/mol. The Morgan fingerprint density at radius 1 is 1.07 bits per heavy atom. The van der Waals surface area contributed by atoms with Crippen LogP contribution in [0.25, 0.3) is 0 Å². The Bertz CT molecular complexity index is 136. The zero-order valence-electron chi connectivity index (χ0n) is 10.2. The minimum atomic E-state index is 0.679. The van der Waals surface area contributed by atoms with Crippen molar-refractivity contribution in [3.8, 4) is 0 Å². The van der Waals surface area contributed by atoms with Gasteiger partial charge in [-0.2, -0.15) is 0 Å². The summed E-state index contributed by atoms with van der Waals surface area (Å²) in [5.74, 6) is 1.79. The molecule has 1 aliphatic rings. The van der Waals surface area contributed by atoms with E-state index in [0.717, 1.165) is 11.8 Å². The van der Waals surface area contributed by atoms with Crippen LogP contribution in [0.4, 0.5) is 0 Å². The summed E-state index contributed by atoms with van der Waals surface area (Å²) in [5.41, 5.74) is 0. The summed E-state index contributed by atoms with van der Waals surface area (Å²) in [5, 5.41) is 3.63. The third kappa shape index (κ3) is 4.45. The lowest BCUT2D eigenvalue weighted by molar-refractivity contribution is 0.320. The van der Waals surface area contributed by atoms with Gasteiger partial charge in [0.05, 0.1) is 0 Å². The number of hydrogen-bond donors (Lipinski definition) is 1. The van der Waals surface area contributed by atoms with Crippen LogP contribution in [0.5, 0.6) is 0 Å². The molecule has 0 aromatic heterocycles. The Labute approximate surface area is 89.7 Å². The zero-order valence-corrected chi connectivity index (χ0v) is 10.2. The van der Waals surface area contributed by atoms with Crippen LogP contribution in [0.1, 0.15) is 59.3 Å². The number of hydrogen-bond acceptors (Lipinski definition) is 1. The smallest absolute Gasteiger partial charge is 0.00617 e. The Kier molecular flexibility index (Phi) is 5.54. The normalized spacial score (nSPS) is 21.4. The highest BCUT2D eigenvalue weighted by Crippen LogP contribution is 2.25. The van der Waals surface area contributed by atoms with Gasteiger partial charge in [0, 0.05) is 6.04 Å². The monoisotopic (exact) mass is 197 g/mol. The summed E-state index contributed by atoms with van der Waals surface area (Å²) in [7, 11) is 0. The van der Waals surface area contributed by atoms with Crippen LogP contribution < -0.4 is 5.32 Å². The summed E-state index contributed by atoms with van der Waals surface area (Å²) in [4.78, 5) is 0. The van der Waals surface area contributed by atoms with Gasteiger partial charge in [0.1, 0.15) is 0 Å². The van der Waals surface area contributed by atoms with E-state index in [9.17, 15) is 0 Å². The van der Waals surface area contributed by atoms with E-state index in [4.69, 9.17) is 0 Å². The summed E-state index contributed by atoms with van der Waals surface area (Å²) in [6, 6.07) is 0.679. The van der Waals surface area contributed by atoms with Gasteiger partial charge in [0.2, 0.25) is 0 Å². The Morgan fingerprint density at radius 2 is 1.71 bits per heavy atom. The average Bonchev–Trinajstić information content (AvgIpc) is 2.19. The molecule has 1 heteroatoms. The Hall–Kier alpha value is -0.0400. The van der Waals surface area contributed by atoms with E-state index >= 15 is 0 Å². The van der Waals surface area contributed by atoms with E-state index in [1.807, 2.05) is 0 Å². The second kappa shape index (κ2) is 6.44. The molecule has 0 aromatic rings. The molecule has 1 N–H and O–H groups in total. The van der Waals surface area contributed by atoms with Crippen LogP contribution in [0, 0.1) is 11.8 Å². The fraction of sp³-hybridized carbons (Fsp3) is 1.00. The van der Waals surface area contributed by atoms with Crippen LogP contribution in [0.15, 0.2) is 0 Å². The molecule has 0 radical (unpaired) electrons. The van der Waals surface area contributed by atoms with Gasteiger partial charge >= 0.3 is 0 Å². The molecule has 1 fully saturated rings. The van der Waals surface area contributed by atoms with Gasteiger partial charge in [0.15, 0.2) is 0 Å². The summed E-state index contributed by atoms with van der Waals surface area (Å²) >= 11 is 0. The van der Waals surface area contributed by atoms with Crippen molar-refractivity contribution in [1.29, 1.82) is 0 Å². The van der Waals surface area contributed by atoms with Crippen molar-refractivity contribution in [2.45, 2.75) is 65.3 Å². The number of rotatable bonds is 5. The van der Waals surface area contributed by atoms with Gasteiger partial charge in [-0.05, 0) is 31.7 Å². The molecule has 1 saturated carbocycles. The van der Waals surface area contributed by atoms with Gasteiger partial charge in [-0.1, -0.05) is 46.0 Å². The lowest BCUT2D eigenvalue weighted by atomic mass is 9.87. The van der Waals surface area contributed by atoms with Crippen molar-refractivity contribution in [2.75, 3.05) is 6.54 Å². The standard InChI is InChI=1S/C13H27N/c1-11(2)12(3)14-10-9-13-7-5-4-6-8-13/h11-14H,4-10H2,1-3H3. The van der Waals surface area contributed by atoms with E-state index in [2.05, 4.69) is 26.1 Å². The predicted molar refractivity (Wildman–Crippen MR) is 63.5 cm³/mol. The molecule has 84 valence electrons. The largest absolute Gasteiger partial charge is 0.314 e. The third-order valence-corrected chi connectivity index (χ3v) is 3.74. The topological polar surface area (TPSA) is 12.0 Å². The van der Waals surface area contributed by atoms with Gasteiger partial charge in [-0.25, -0.2) is 0 Å². The zero-order chi connectivity index (χ0) is 10.4. The van der Waals surface area contributed by atoms with E-state index < -0.39 is 0 Å².